The Morgan fingerprint density at radius 2 is 2.14 bits per heavy atom. The summed E-state index contributed by atoms with van der Waals surface area (Å²) in [6, 6.07) is 11.3. The van der Waals surface area contributed by atoms with Crippen LogP contribution in [-0.4, -0.2) is 27.3 Å². The van der Waals surface area contributed by atoms with Gasteiger partial charge in [-0.25, -0.2) is 9.48 Å². The number of halogens is 1. The first-order valence-electron chi connectivity index (χ1n) is 9.09. The van der Waals surface area contributed by atoms with Crippen molar-refractivity contribution in [2.45, 2.75) is 30.8 Å². The number of benzene rings is 1. The number of carbonyl (C=O) groups excluding carboxylic acids is 1. The number of esters is 1. The molecule has 3 heterocycles. The molecule has 1 N–H and O–H groups in total. The van der Waals surface area contributed by atoms with E-state index in [4.69, 9.17) is 21.4 Å². The fourth-order valence-corrected chi connectivity index (χ4v) is 4.83. The average Bonchev–Trinajstić information content (AvgIpc) is 3.36. The number of allylic oxidation sites excluding steroid dienone is 1. The zero-order valence-corrected chi connectivity index (χ0v) is 18.3. The predicted octanol–water partition coefficient (Wildman–Crippen LogP) is 5.14. The molecule has 1 aliphatic rings. The van der Waals surface area contributed by atoms with Crippen LogP contribution < -0.4 is 5.32 Å². The lowest BCUT2D eigenvalue weighted by Crippen LogP contribution is -2.29. The molecule has 0 aliphatic carbocycles. The number of aromatic nitrogens is 3. The van der Waals surface area contributed by atoms with Crippen LogP contribution in [0.3, 0.4) is 0 Å². The first kappa shape index (κ1) is 20.0. The van der Waals surface area contributed by atoms with Gasteiger partial charge < -0.3 is 10.1 Å². The van der Waals surface area contributed by atoms with Crippen LogP contribution in [0.15, 0.2) is 58.2 Å². The van der Waals surface area contributed by atoms with Gasteiger partial charge in [-0.1, -0.05) is 41.6 Å². The first-order chi connectivity index (χ1) is 14.1. The summed E-state index contributed by atoms with van der Waals surface area (Å²) in [5, 5.41) is 11.2. The molecule has 29 heavy (non-hydrogen) atoms. The maximum Gasteiger partial charge on any atom is 0.338 e. The maximum absolute atomic E-state index is 12.7. The minimum absolute atomic E-state index is 0.319. The van der Waals surface area contributed by atoms with Crippen LogP contribution in [-0.2, 0) is 15.3 Å². The van der Waals surface area contributed by atoms with Crippen molar-refractivity contribution in [3.8, 4) is 0 Å². The van der Waals surface area contributed by atoms with Crippen molar-refractivity contribution in [1.29, 1.82) is 0 Å². The highest BCUT2D eigenvalue weighted by molar-refractivity contribution is 7.98. The van der Waals surface area contributed by atoms with Gasteiger partial charge in [0.15, 0.2) is 0 Å². The molecule has 1 atom stereocenters. The van der Waals surface area contributed by atoms with E-state index < -0.39 is 0 Å². The van der Waals surface area contributed by atoms with Crippen molar-refractivity contribution in [3.05, 3.63) is 68.5 Å². The normalized spacial score (nSPS) is 15.8. The van der Waals surface area contributed by atoms with E-state index in [1.54, 1.807) is 22.9 Å². The van der Waals surface area contributed by atoms with Gasteiger partial charge in [0, 0.05) is 21.3 Å². The van der Waals surface area contributed by atoms with Crippen LogP contribution in [0.2, 0.25) is 5.02 Å². The number of fused-ring (bicyclic) bond motifs is 1. The van der Waals surface area contributed by atoms with Gasteiger partial charge in [-0.15, -0.1) is 16.4 Å². The highest BCUT2D eigenvalue weighted by Gasteiger charge is 2.35. The molecule has 0 saturated heterocycles. The Bertz CT molecular complexity index is 1050. The Morgan fingerprint density at radius 3 is 2.83 bits per heavy atom. The second-order valence-electron chi connectivity index (χ2n) is 6.38. The number of hydrogen-bond acceptors (Lipinski definition) is 7. The van der Waals surface area contributed by atoms with E-state index in [1.807, 2.05) is 48.7 Å². The van der Waals surface area contributed by atoms with Gasteiger partial charge >= 0.3 is 5.97 Å². The largest absolute Gasteiger partial charge is 0.463 e. The highest BCUT2D eigenvalue weighted by Crippen LogP contribution is 2.38. The molecule has 0 spiro atoms. The quantitative estimate of drug-likeness (QED) is 0.417. The van der Waals surface area contributed by atoms with Crippen LogP contribution in [0, 0.1) is 0 Å². The number of carbonyl (C=O) groups is 1. The number of ether oxygens (including phenoxy) is 1. The zero-order chi connectivity index (χ0) is 20.4. The average molecular weight is 447 g/mol. The number of nitrogens with zero attached hydrogens (tertiary/aromatic N) is 3. The van der Waals surface area contributed by atoms with E-state index in [0.29, 0.717) is 28.3 Å². The number of thiophene rings is 1. The van der Waals surface area contributed by atoms with Gasteiger partial charge in [0.05, 0.1) is 12.2 Å². The fraction of sp³-hybridized carbons (Fsp3) is 0.250. The van der Waals surface area contributed by atoms with Gasteiger partial charge in [-0.2, -0.15) is 4.98 Å². The van der Waals surface area contributed by atoms with Crippen LogP contribution >= 0.6 is 34.7 Å². The predicted molar refractivity (Wildman–Crippen MR) is 116 cm³/mol. The Balaban J connectivity index is 1.64. The summed E-state index contributed by atoms with van der Waals surface area (Å²) in [5.41, 5.74) is 2.42. The Labute approximate surface area is 181 Å². The number of thioether (sulfide) groups is 1. The van der Waals surface area contributed by atoms with E-state index >= 15 is 0 Å². The number of rotatable bonds is 6. The Hall–Kier alpha value is -2.29. The van der Waals surface area contributed by atoms with Crippen molar-refractivity contribution >= 4 is 46.6 Å². The molecule has 0 fully saturated rings. The third-order valence-electron chi connectivity index (χ3n) is 4.42. The summed E-state index contributed by atoms with van der Waals surface area (Å²) in [6.45, 7) is 3.99. The van der Waals surface area contributed by atoms with Crippen molar-refractivity contribution in [2.75, 3.05) is 11.9 Å². The molecule has 0 saturated carbocycles. The van der Waals surface area contributed by atoms with E-state index in [1.165, 1.54) is 11.8 Å². The molecule has 150 valence electrons. The van der Waals surface area contributed by atoms with Gasteiger partial charge in [-0.05, 0) is 43.0 Å². The molecule has 2 aromatic heterocycles. The van der Waals surface area contributed by atoms with E-state index in [0.717, 1.165) is 21.9 Å². The monoisotopic (exact) mass is 446 g/mol. The Kier molecular flexibility index (Phi) is 5.94. The smallest absolute Gasteiger partial charge is 0.338 e. The SMILES string of the molecule is CCOC(=O)C1=C(C)Nc2nc(SCc3ccc(Cl)cc3)nn2[C@@H]1c1cccs1. The lowest BCUT2D eigenvalue weighted by molar-refractivity contribution is -0.139. The molecular weight excluding hydrogens is 428 g/mol. The molecule has 0 bridgehead atoms. The fourth-order valence-electron chi connectivity index (χ4n) is 3.10. The molecule has 1 aromatic carbocycles. The van der Waals surface area contributed by atoms with Gasteiger partial charge in [-0.3, -0.25) is 0 Å². The maximum atomic E-state index is 12.7. The minimum Gasteiger partial charge on any atom is -0.463 e. The van der Waals surface area contributed by atoms with Gasteiger partial charge in [0.1, 0.15) is 6.04 Å². The topological polar surface area (TPSA) is 69.0 Å². The summed E-state index contributed by atoms with van der Waals surface area (Å²) in [4.78, 5) is 18.3. The lowest BCUT2D eigenvalue weighted by atomic mass is 10.0. The summed E-state index contributed by atoms with van der Waals surface area (Å²) in [7, 11) is 0. The van der Waals surface area contributed by atoms with Crippen molar-refractivity contribution < 1.29 is 9.53 Å². The second-order valence-corrected chi connectivity index (χ2v) is 8.74. The summed E-state index contributed by atoms with van der Waals surface area (Å²) >= 11 is 9.07. The minimum atomic E-state index is -0.359. The van der Waals surface area contributed by atoms with Crippen LogP contribution in [0.1, 0.15) is 30.3 Å². The standard InChI is InChI=1S/C20H19ClN4O2S2/c1-3-27-18(26)16-12(2)22-19-23-20(29-11-13-6-8-14(21)9-7-13)24-25(19)17(16)15-5-4-10-28-15/h4-10,17H,3,11H2,1-2H3,(H,22,23,24)/t17-/m1/s1. The summed E-state index contributed by atoms with van der Waals surface area (Å²) in [6.07, 6.45) is 0. The molecule has 0 amide bonds. The van der Waals surface area contributed by atoms with Crippen molar-refractivity contribution in [2.24, 2.45) is 0 Å². The molecule has 1 aliphatic heterocycles. The third kappa shape index (κ3) is 4.19. The van der Waals surface area contributed by atoms with E-state index in [9.17, 15) is 4.79 Å². The van der Waals surface area contributed by atoms with Crippen LogP contribution in [0.5, 0.6) is 0 Å². The second kappa shape index (κ2) is 8.61. The lowest BCUT2D eigenvalue weighted by Gasteiger charge is -2.26. The molecule has 9 heteroatoms. The van der Waals surface area contributed by atoms with E-state index in [-0.39, 0.29) is 12.0 Å². The third-order valence-corrected chi connectivity index (χ3v) is 6.51. The first-order valence-corrected chi connectivity index (χ1v) is 11.3. The zero-order valence-electron chi connectivity index (χ0n) is 15.9. The van der Waals surface area contributed by atoms with Crippen LogP contribution in [0.4, 0.5) is 5.95 Å². The Morgan fingerprint density at radius 1 is 1.34 bits per heavy atom. The molecule has 6 nitrogen and oxygen atoms in total. The van der Waals surface area contributed by atoms with Crippen LogP contribution in [0.25, 0.3) is 0 Å². The summed E-state index contributed by atoms with van der Waals surface area (Å²) in [5.74, 6) is 1.00. The number of anilines is 1. The van der Waals surface area contributed by atoms with E-state index in [2.05, 4.69) is 10.3 Å². The molecule has 4 rings (SSSR count). The molecule has 3 aromatic rings. The van der Waals surface area contributed by atoms with Crippen molar-refractivity contribution in [3.63, 3.8) is 0 Å². The molecule has 0 unspecified atom stereocenters. The number of nitrogens with one attached hydrogen (secondary N) is 1. The highest BCUT2D eigenvalue weighted by atomic mass is 35.5. The van der Waals surface area contributed by atoms with Gasteiger partial charge in [0.2, 0.25) is 11.1 Å². The number of hydrogen-bond donors (Lipinski definition) is 1. The van der Waals surface area contributed by atoms with Crippen molar-refractivity contribution in [1.82, 2.24) is 14.8 Å². The molecule has 0 radical (unpaired) electrons. The summed E-state index contributed by atoms with van der Waals surface area (Å²) < 4.78 is 7.08. The molecular formula is C20H19ClN4O2S2. The van der Waals surface area contributed by atoms with Gasteiger partial charge in [0.25, 0.3) is 0 Å².